The molecule has 0 aromatic carbocycles. The van der Waals surface area contributed by atoms with Gasteiger partial charge in [-0.2, -0.15) is 0 Å². The molecule has 3 aliphatic carbocycles. The number of aliphatic hydroxyl groups excluding tert-OH is 2. The monoisotopic (exact) mass is 414 g/mol. The van der Waals surface area contributed by atoms with Crippen LogP contribution in [0.2, 0.25) is 0 Å². The van der Waals surface area contributed by atoms with E-state index in [-0.39, 0.29) is 0 Å². The standard InChI is InChI=1S/C28H46O2/c1-18(2)19(3)9-10-20(4)25-13-14-26-22(8-7-15-28(25,26)6)11-12-23-16-24(29)17-27(30)21(23)5/h11-12,18-20,24-27,29-30H,5,7-10,13-17H2,1-4,6H3/b22-11+,23-12?/t19-,20+,24+,25+,26-,27-,28+/m0/s1. The van der Waals surface area contributed by atoms with E-state index >= 15 is 0 Å². The Labute approximate surface area is 185 Å². The van der Waals surface area contributed by atoms with Gasteiger partial charge in [-0.15, -0.1) is 0 Å². The van der Waals surface area contributed by atoms with Crippen molar-refractivity contribution in [2.24, 2.45) is 35.0 Å². The fourth-order valence-corrected chi connectivity index (χ4v) is 6.74. The quantitative estimate of drug-likeness (QED) is 0.500. The Morgan fingerprint density at radius 3 is 2.53 bits per heavy atom. The molecule has 0 radical (unpaired) electrons. The second-order valence-electron chi connectivity index (χ2n) is 11.4. The van der Waals surface area contributed by atoms with Crippen LogP contribution in [0, 0.1) is 35.0 Å². The lowest BCUT2D eigenvalue weighted by Crippen LogP contribution is -2.36. The topological polar surface area (TPSA) is 40.5 Å². The van der Waals surface area contributed by atoms with Crippen molar-refractivity contribution in [3.63, 3.8) is 0 Å². The van der Waals surface area contributed by atoms with Crippen LogP contribution in [0.3, 0.4) is 0 Å². The Balaban J connectivity index is 1.72. The number of aliphatic hydroxyl groups is 2. The molecule has 0 heterocycles. The summed E-state index contributed by atoms with van der Waals surface area (Å²) in [5.41, 5.74) is 3.87. The molecule has 30 heavy (non-hydrogen) atoms. The fourth-order valence-electron chi connectivity index (χ4n) is 6.74. The van der Waals surface area contributed by atoms with Crippen molar-refractivity contribution in [1.82, 2.24) is 0 Å². The second kappa shape index (κ2) is 9.74. The summed E-state index contributed by atoms with van der Waals surface area (Å²) in [4.78, 5) is 0. The third-order valence-corrected chi connectivity index (χ3v) is 9.20. The molecule has 170 valence electrons. The average molecular weight is 415 g/mol. The Morgan fingerprint density at radius 2 is 1.83 bits per heavy atom. The Morgan fingerprint density at radius 1 is 1.10 bits per heavy atom. The molecule has 0 aromatic heterocycles. The van der Waals surface area contributed by atoms with E-state index < -0.39 is 12.2 Å². The number of rotatable bonds is 6. The molecule has 3 rings (SSSR count). The maximum atomic E-state index is 10.1. The molecule has 3 fully saturated rings. The Kier molecular flexibility index (Phi) is 7.72. The van der Waals surface area contributed by atoms with Gasteiger partial charge in [0.1, 0.15) is 0 Å². The molecule has 0 aromatic rings. The summed E-state index contributed by atoms with van der Waals surface area (Å²) < 4.78 is 0. The van der Waals surface area contributed by atoms with Crippen LogP contribution >= 0.6 is 0 Å². The zero-order chi connectivity index (χ0) is 22.1. The van der Waals surface area contributed by atoms with E-state index in [0.29, 0.717) is 24.2 Å². The maximum absolute atomic E-state index is 10.1. The van der Waals surface area contributed by atoms with Gasteiger partial charge in [0.2, 0.25) is 0 Å². The van der Waals surface area contributed by atoms with E-state index in [0.717, 1.165) is 34.8 Å². The highest BCUT2D eigenvalue weighted by Gasteiger charge is 2.50. The van der Waals surface area contributed by atoms with Gasteiger partial charge in [-0.05, 0) is 84.7 Å². The normalized spacial score (nSPS) is 39.5. The molecule has 2 N–H and O–H groups in total. The zero-order valence-electron chi connectivity index (χ0n) is 20.2. The van der Waals surface area contributed by atoms with Crippen molar-refractivity contribution < 1.29 is 10.2 Å². The van der Waals surface area contributed by atoms with Crippen molar-refractivity contribution in [2.45, 2.75) is 105 Å². The van der Waals surface area contributed by atoms with E-state index in [9.17, 15) is 10.2 Å². The molecule has 7 atom stereocenters. The lowest BCUT2D eigenvalue weighted by Gasteiger charge is -2.44. The van der Waals surface area contributed by atoms with Crippen LogP contribution in [0.5, 0.6) is 0 Å². The van der Waals surface area contributed by atoms with Crippen molar-refractivity contribution in [3.8, 4) is 0 Å². The zero-order valence-corrected chi connectivity index (χ0v) is 20.2. The van der Waals surface area contributed by atoms with E-state index in [4.69, 9.17) is 0 Å². The third-order valence-electron chi connectivity index (χ3n) is 9.20. The summed E-state index contributed by atoms with van der Waals surface area (Å²) in [5, 5.41) is 20.2. The molecule has 2 heteroatoms. The summed E-state index contributed by atoms with van der Waals surface area (Å²) in [6.07, 6.45) is 13.8. The molecule has 0 spiro atoms. The number of allylic oxidation sites excluding steroid dienone is 3. The molecule has 3 aliphatic rings. The van der Waals surface area contributed by atoms with Crippen LogP contribution < -0.4 is 0 Å². The number of fused-ring (bicyclic) bond motifs is 1. The summed E-state index contributed by atoms with van der Waals surface area (Å²) in [7, 11) is 0. The van der Waals surface area contributed by atoms with E-state index in [1.54, 1.807) is 5.57 Å². The van der Waals surface area contributed by atoms with Gasteiger partial charge in [-0.25, -0.2) is 0 Å². The summed E-state index contributed by atoms with van der Waals surface area (Å²) >= 11 is 0. The van der Waals surface area contributed by atoms with Gasteiger partial charge in [0, 0.05) is 6.42 Å². The molecule has 2 nitrogen and oxygen atoms in total. The molecule has 0 aliphatic heterocycles. The Hall–Kier alpha value is -0.860. The minimum atomic E-state index is -0.597. The van der Waals surface area contributed by atoms with Crippen LogP contribution in [0.4, 0.5) is 0 Å². The lowest BCUT2D eigenvalue weighted by atomic mass is 9.60. The molecule has 0 saturated heterocycles. The third kappa shape index (κ3) is 4.96. The van der Waals surface area contributed by atoms with Gasteiger partial charge in [0.25, 0.3) is 0 Å². The highest BCUT2D eigenvalue weighted by atomic mass is 16.3. The van der Waals surface area contributed by atoms with Gasteiger partial charge < -0.3 is 10.2 Å². The van der Waals surface area contributed by atoms with E-state index in [2.05, 4.69) is 53.3 Å². The number of hydrogen-bond donors (Lipinski definition) is 2. The highest BCUT2D eigenvalue weighted by molar-refractivity contribution is 5.38. The Bertz CT molecular complexity index is 672. The minimum Gasteiger partial charge on any atom is -0.393 e. The first-order chi connectivity index (χ1) is 14.1. The van der Waals surface area contributed by atoms with Crippen molar-refractivity contribution in [3.05, 3.63) is 35.5 Å². The fraction of sp³-hybridized carbons (Fsp3) is 0.786. The average Bonchev–Trinajstić information content (AvgIpc) is 3.04. The first-order valence-corrected chi connectivity index (χ1v) is 12.6. The molecule has 0 unspecified atom stereocenters. The summed E-state index contributed by atoms with van der Waals surface area (Å²) in [6.45, 7) is 16.3. The molecule has 0 bridgehead atoms. The van der Waals surface area contributed by atoms with E-state index in [1.807, 2.05) is 0 Å². The van der Waals surface area contributed by atoms with Crippen LogP contribution in [0.25, 0.3) is 0 Å². The van der Waals surface area contributed by atoms with Crippen LogP contribution in [-0.4, -0.2) is 22.4 Å². The summed E-state index contributed by atoms with van der Waals surface area (Å²) in [6, 6.07) is 0. The van der Waals surface area contributed by atoms with Gasteiger partial charge >= 0.3 is 0 Å². The van der Waals surface area contributed by atoms with Crippen molar-refractivity contribution >= 4 is 0 Å². The maximum Gasteiger partial charge on any atom is 0.0811 e. The van der Waals surface area contributed by atoms with E-state index in [1.165, 1.54) is 44.9 Å². The smallest absolute Gasteiger partial charge is 0.0811 e. The molecular formula is C28H46O2. The van der Waals surface area contributed by atoms with Crippen molar-refractivity contribution in [1.29, 1.82) is 0 Å². The first-order valence-electron chi connectivity index (χ1n) is 12.6. The first kappa shape index (κ1) is 23.8. The number of hydrogen-bond acceptors (Lipinski definition) is 2. The SMILES string of the molecule is C=C1C(=C/C=C2\CCC[C@]3(C)[C@@H]([C@H](C)CC[C@H](C)C(C)C)CC[C@@H]23)C[C@@H](O)C[C@@H]1O. The molecule has 3 saturated carbocycles. The van der Waals surface area contributed by atoms with Gasteiger partial charge in [0.05, 0.1) is 12.2 Å². The van der Waals surface area contributed by atoms with Gasteiger partial charge in [-0.3, -0.25) is 0 Å². The van der Waals surface area contributed by atoms with Crippen LogP contribution in [0.1, 0.15) is 92.4 Å². The van der Waals surface area contributed by atoms with Crippen LogP contribution in [-0.2, 0) is 0 Å². The highest BCUT2D eigenvalue weighted by Crippen LogP contribution is 2.60. The van der Waals surface area contributed by atoms with Crippen LogP contribution in [0.15, 0.2) is 35.5 Å². The van der Waals surface area contributed by atoms with Crippen molar-refractivity contribution in [2.75, 3.05) is 0 Å². The molecular weight excluding hydrogens is 368 g/mol. The summed E-state index contributed by atoms with van der Waals surface area (Å²) in [5.74, 6) is 3.95. The second-order valence-corrected chi connectivity index (χ2v) is 11.4. The molecule has 0 amide bonds. The predicted molar refractivity (Wildman–Crippen MR) is 127 cm³/mol. The predicted octanol–water partition coefficient (Wildman–Crippen LogP) is 6.84. The minimum absolute atomic E-state index is 0.419. The van der Waals surface area contributed by atoms with Gasteiger partial charge in [0.15, 0.2) is 0 Å². The van der Waals surface area contributed by atoms with Gasteiger partial charge in [-0.1, -0.05) is 71.8 Å². The largest absolute Gasteiger partial charge is 0.393 e. The lowest BCUT2D eigenvalue weighted by molar-refractivity contribution is 0.0861.